The van der Waals surface area contributed by atoms with Gasteiger partial charge in [-0.1, -0.05) is 13.3 Å². The Balaban J connectivity index is 1.91. The smallest absolute Gasteiger partial charge is 0.358 e. The van der Waals surface area contributed by atoms with Crippen molar-refractivity contribution >= 4 is 17.7 Å². The van der Waals surface area contributed by atoms with Crippen LogP contribution in [0.4, 0.5) is 0 Å². The van der Waals surface area contributed by atoms with E-state index in [2.05, 4.69) is 4.98 Å². The molecule has 0 spiro atoms. The molecule has 29 heavy (non-hydrogen) atoms. The number of ether oxygens (including phenoxy) is 2. The fourth-order valence-electron chi connectivity index (χ4n) is 3.40. The standard InChI is InChI=1S/C19H26N4O6/c1-4-5-8-28-16-15(18(26)27)20-19-21(6-7-23(19)17(16)25)11-14(24)22-9-12(2)29-13(3)10-22/h6-7,12-13H,4-5,8-11H2,1-3H3,(H,26,27)/t12-,13-/m0/s1. The van der Waals surface area contributed by atoms with Crippen LogP contribution in [0.25, 0.3) is 5.78 Å². The molecule has 1 aliphatic rings. The van der Waals surface area contributed by atoms with Crippen LogP contribution in [0.2, 0.25) is 0 Å². The van der Waals surface area contributed by atoms with E-state index in [9.17, 15) is 19.5 Å². The number of aromatic nitrogens is 3. The van der Waals surface area contributed by atoms with E-state index >= 15 is 0 Å². The quantitative estimate of drug-likeness (QED) is 0.682. The highest BCUT2D eigenvalue weighted by molar-refractivity contribution is 5.89. The lowest BCUT2D eigenvalue weighted by molar-refractivity contribution is -0.143. The largest absolute Gasteiger partial charge is 0.486 e. The van der Waals surface area contributed by atoms with E-state index in [1.54, 1.807) is 4.90 Å². The van der Waals surface area contributed by atoms with Crippen molar-refractivity contribution in [2.45, 2.75) is 52.4 Å². The van der Waals surface area contributed by atoms with Gasteiger partial charge in [-0.2, -0.15) is 0 Å². The maximum atomic E-state index is 12.7. The second-order valence-corrected chi connectivity index (χ2v) is 7.25. The minimum absolute atomic E-state index is 0.0581. The zero-order valence-corrected chi connectivity index (χ0v) is 16.8. The maximum absolute atomic E-state index is 12.7. The van der Waals surface area contributed by atoms with Crippen LogP contribution < -0.4 is 10.3 Å². The van der Waals surface area contributed by atoms with Gasteiger partial charge in [0, 0.05) is 25.5 Å². The number of morpholine rings is 1. The summed E-state index contributed by atoms with van der Waals surface area (Å²) in [5.41, 5.74) is -1.06. The average molecular weight is 406 g/mol. The third-order valence-electron chi connectivity index (χ3n) is 4.73. The van der Waals surface area contributed by atoms with Gasteiger partial charge in [-0.05, 0) is 20.3 Å². The van der Waals surface area contributed by atoms with Gasteiger partial charge < -0.3 is 24.0 Å². The van der Waals surface area contributed by atoms with Crippen LogP contribution in [-0.4, -0.2) is 67.7 Å². The lowest BCUT2D eigenvalue weighted by atomic mass is 10.2. The Hall–Kier alpha value is -2.88. The number of carbonyl (C=O) groups is 2. The van der Waals surface area contributed by atoms with Gasteiger partial charge in [-0.3, -0.25) is 9.59 Å². The van der Waals surface area contributed by atoms with Crippen molar-refractivity contribution in [3.63, 3.8) is 0 Å². The Morgan fingerprint density at radius 3 is 2.59 bits per heavy atom. The van der Waals surface area contributed by atoms with E-state index < -0.39 is 17.2 Å². The summed E-state index contributed by atoms with van der Waals surface area (Å²) < 4.78 is 13.7. The number of fused-ring (bicyclic) bond motifs is 1. The molecule has 0 unspecified atom stereocenters. The first-order valence-electron chi connectivity index (χ1n) is 9.72. The molecule has 10 heteroatoms. The zero-order chi connectivity index (χ0) is 21.1. The van der Waals surface area contributed by atoms with Crippen molar-refractivity contribution in [2.24, 2.45) is 0 Å². The maximum Gasteiger partial charge on any atom is 0.358 e. The van der Waals surface area contributed by atoms with Crippen LogP contribution in [0.5, 0.6) is 5.75 Å². The number of hydrogen-bond donors (Lipinski definition) is 1. The van der Waals surface area contributed by atoms with Gasteiger partial charge in [-0.25, -0.2) is 14.2 Å². The molecule has 1 amide bonds. The summed E-state index contributed by atoms with van der Waals surface area (Å²) in [4.78, 5) is 42.9. The van der Waals surface area contributed by atoms with Gasteiger partial charge in [0.2, 0.25) is 17.4 Å². The normalized spacial score (nSPS) is 19.5. The highest BCUT2D eigenvalue weighted by atomic mass is 16.5. The minimum Gasteiger partial charge on any atom is -0.486 e. The van der Waals surface area contributed by atoms with Crippen molar-refractivity contribution in [1.29, 1.82) is 0 Å². The first-order valence-corrected chi connectivity index (χ1v) is 9.72. The fraction of sp³-hybridized carbons (Fsp3) is 0.579. The summed E-state index contributed by atoms with van der Waals surface area (Å²) >= 11 is 0. The van der Waals surface area contributed by atoms with Crippen LogP contribution >= 0.6 is 0 Å². The van der Waals surface area contributed by atoms with Gasteiger partial charge in [0.05, 0.1) is 18.8 Å². The molecule has 2 aromatic heterocycles. The van der Waals surface area contributed by atoms with Crippen LogP contribution in [-0.2, 0) is 16.1 Å². The minimum atomic E-state index is -1.36. The van der Waals surface area contributed by atoms with Crippen molar-refractivity contribution < 1.29 is 24.2 Å². The molecule has 0 saturated carbocycles. The molecule has 2 atom stereocenters. The Kier molecular flexibility index (Phi) is 6.21. The first-order chi connectivity index (χ1) is 13.8. The summed E-state index contributed by atoms with van der Waals surface area (Å²) in [6, 6.07) is 0. The lowest BCUT2D eigenvalue weighted by Crippen LogP contribution is -2.49. The molecule has 3 heterocycles. The van der Waals surface area contributed by atoms with Crippen molar-refractivity contribution in [1.82, 2.24) is 18.9 Å². The van der Waals surface area contributed by atoms with Gasteiger partial charge in [-0.15, -0.1) is 0 Å². The molecule has 0 bridgehead atoms. The lowest BCUT2D eigenvalue weighted by Gasteiger charge is -2.35. The highest BCUT2D eigenvalue weighted by Gasteiger charge is 2.27. The Morgan fingerprint density at radius 1 is 1.28 bits per heavy atom. The fourth-order valence-corrected chi connectivity index (χ4v) is 3.40. The van der Waals surface area contributed by atoms with E-state index in [-0.39, 0.29) is 42.8 Å². The number of unbranched alkanes of at least 4 members (excludes halogenated alkanes) is 1. The number of hydrogen-bond acceptors (Lipinski definition) is 6. The molecule has 1 saturated heterocycles. The van der Waals surface area contributed by atoms with Gasteiger partial charge in [0.15, 0.2) is 5.69 Å². The Morgan fingerprint density at radius 2 is 1.97 bits per heavy atom. The molecular weight excluding hydrogens is 380 g/mol. The monoisotopic (exact) mass is 406 g/mol. The van der Waals surface area contributed by atoms with Gasteiger partial charge in [0.1, 0.15) is 6.54 Å². The third-order valence-corrected chi connectivity index (χ3v) is 4.73. The molecule has 10 nitrogen and oxygen atoms in total. The molecule has 0 radical (unpaired) electrons. The summed E-state index contributed by atoms with van der Waals surface area (Å²) in [7, 11) is 0. The number of amides is 1. The molecular formula is C19H26N4O6. The van der Waals surface area contributed by atoms with Crippen molar-refractivity contribution in [2.75, 3.05) is 19.7 Å². The van der Waals surface area contributed by atoms with E-state index in [0.29, 0.717) is 19.5 Å². The number of rotatable bonds is 7. The molecule has 3 rings (SSSR count). The molecule has 2 aromatic rings. The number of carbonyl (C=O) groups excluding carboxylic acids is 1. The summed E-state index contributed by atoms with van der Waals surface area (Å²) in [6.45, 7) is 6.90. The zero-order valence-electron chi connectivity index (χ0n) is 16.8. The Bertz CT molecular complexity index is 955. The molecule has 158 valence electrons. The number of imidazole rings is 1. The number of nitrogens with zero attached hydrogens (tertiary/aromatic N) is 4. The van der Waals surface area contributed by atoms with Crippen LogP contribution in [0.1, 0.15) is 44.1 Å². The molecule has 0 aliphatic carbocycles. The number of aromatic carboxylic acids is 1. The molecule has 1 aliphatic heterocycles. The number of carboxylic acids is 1. The van der Waals surface area contributed by atoms with Crippen molar-refractivity contribution in [3.8, 4) is 5.75 Å². The van der Waals surface area contributed by atoms with E-state index in [0.717, 1.165) is 6.42 Å². The number of carboxylic acid groups (broad SMARTS) is 1. The summed E-state index contributed by atoms with van der Waals surface area (Å²) in [5.74, 6) is -1.72. The Labute approximate surface area is 167 Å². The van der Waals surface area contributed by atoms with E-state index in [1.165, 1.54) is 21.4 Å². The average Bonchev–Trinajstić information content (AvgIpc) is 3.05. The van der Waals surface area contributed by atoms with Crippen LogP contribution in [0, 0.1) is 0 Å². The van der Waals surface area contributed by atoms with Crippen LogP contribution in [0.3, 0.4) is 0 Å². The summed E-state index contributed by atoms with van der Waals surface area (Å²) in [5, 5.41) is 9.49. The van der Waals surface area contributed by atoms with Gasteiger partial charge in [0.25, 0.3) is 0 Å². The SMILES string of the molecule is CCCCOc1c(C(=O)O)nc2n(CC(=O)N3C[C@H](C)O[C@@H](C)C3)ccn2c1=O. The highest BCUT2D eigenvalue weighted by Crippen LogP contribution is 2.15. The summed E-state index contributed by atoms with van der Waals surface area (Å²) in [6.07, 6.45) is 4.40. The third kappa shape index (κ3) is 4.42. The second-order valence-electron chi connectivity index (χ2n) is 7.25. The molecule has 1 N–H and O–H groups in total. The van der Waals surface area contributed by atoms with Crippen LogP contribution in [0.15, 0.2) is 17.2 Å². The first kappa shape index (κ1) is 20.8. The molecule has 1 fully saturated rings. The molecule has 0 aromatic carbocycles. The van der Waals surface area contributed by atoms with E-state index in [4.69, 9.17) is 9.47 Å². The predicted octanol–water partition coefficient (Wildman–Crippen LogP) is 1.01. The second kappa shape index (κ2) is 8.64. The van der Waals surface area contributed by atoms with Gasteiger partial charge >= 0.3 is 11.5 Å². The topological polar surface area (TPSA) is 115 Å². The van der Waals surface area contributed by atoms with E-state index in [1.807, 2.05) is 20.8 Å². The van der Waals surface area contributed by atoms with Crippen molar-refractivity contribution in [3.05, 3.63) is 28.4 Å². The predicted molar refractivity (Wildman–Crippen MR) is 103 cm³/mol.